The van der Waals surface area contributed by atoms with E-state index in [1.54, 1.807) is 0 Å². The molecule has 1 N–H and O–H groups in total. The summed E-state index contributed by atoms with van der Waals surface area (Å²) in [5.74, 6) is -1.36. The van der Waals surface area contributed by atoms with Gasteiger partial charge in [0.2, 0.25) is 0 Å². The highest BCUT2D eigenvalue weighted by molar-refractivity contribution is 5.85. The van der Waals surface area contributed by atoms with Crippen LogP contribution in [0.4, 0.5) is 22.0 Å². The maximum absolute atomic E-state index is 12.9. The molecule has 0 atom stereocenters. The first kappa shape index (κ1) is 18.4. The van der Waals surface area contributed by atoms with Crippen molar-refractivity contribution in [3.05, 3.63) is 53.4 Å². The SMILES string of the molecule is Cl.Fc1cc(F)cc(CNCc2ccn(CC(F)(F)F)n2)c1. The van der Waals surface area contributed by atoms with E-state index < -0.39 is 24.4 Å². The van der Waals surface area contributed by atoms with Gasteiger partial charge in [-0.1, -0.05) is 0 Å². The number of rotatable bonds is 5. The van der Waals surface area contributed by atoms with Gasteiger partial charge in [0.05, 0.1) is 5.69 Å². The van der Waals surface area contributed by atoms with Crippen molar-refractivity contribution >= 4 is 12.4 Å². The van der Waals surface area contributed by atoms with Crippen LogP contribution < -0.4 is 5.32 Å². The van der Waals surface area contributed by atoms with Gasteiger partial charge in [-0.3, -0.25) is 4.68 Å². The second-order valence-electron chi connectivity index (χ2n) is 4.50. The molecule has 22 heavy (non-hydrogen) atoms. The van der Waals surface area contributed by atoms with Gasteiger partial charge in [0.15, 0.2) is 0 Å². The van der Waals surface area contributed by atoms with E-state index in [0.717, 1.165) is 10.7 Å². The van der Waals surface area contributed by atoms with Crippen molar-refractivity contribution in [2.45, 2.75) is 25.8 Å². The fourth-order valence-electron chi connectivity index (χ4n) is 1.82. The fraction of sp³-hybridized carbons (Fsp3) is 0.308. The molecule has 0 unspecified atom stereocenters. The Bertz CT molecular complexity index is 592. The number of hydrogen-bond acceptors (Lipinski definition) is 2. The van der Waals surface area contributed by atoms with Crippen LogP contribution in [-0.2, 0) is 19.6 Å². The summed E-state index contributed by atoms with van der Waals surface area (Å²) in [4.78, 5) is 0. The minimum absolute atomic E-state index is 0. The Balaban J connectivity index is 0.00000242. The Kier molecular flexibility index (Phi) is 6.31. The van der Waals surface area contributed by atoms with Crippen LogP contribution in [0.25, 0.3) is 0 Å². The van der Waals surface area contributed by atoms with Crippen molar-refractivity contribution < 1.29 is 22.0 Å². The van der Waals surface area contributed by atoms with Crippen molar-refractivity contribution in [3.8, 4) is 0 Å². The fourth-order valence-corrected chi connectivity index (χ4v) is 1.82. The van der Waals surface area contributed by atoms with Crippen LogP contribution in [0.15, 0.2) is 30.5 Å². The molecule has 0 radical (unpaired) electrons. The lowest BCUT2D eigenvalue weighted by atomic mass is 10.2. The van der Waals surface area contributed by atoms with Gasteiger partial charge in [-0.05, 0) is 23.8 Å². The van der Waals surface area contributed by atoms with Gasteiger partial charge in [-0.25, -0.2) is 8.78 Å². The highest BCUT2D eigenvalue weighted by Crippen LogP contribution is 2.16. The van der Waals surface area contributed by atoms with E-state index in [4.69, 9.17) is 0 Å². The average molecular weight is 342 g/mol. The third kappa shape index (κ3) is 5.98. The number of benzene rings is 1. The molecule has 2 aromatic rings. The van der Waals surface area contributed by atoms with Crippen LogP contribution in [0.2, 0.25) is 0 Å². The summed E-state index contributed by atoms with van der Waals surface area (Å²) in [5, 5.41) is 6.61. The number of aromatic nitrogens is 2. The third-order valence-electron chi connectivity index (χ3n) is 2.59. The molecule has 3 nitrogen and oxygen atoms in total. The summed E-state index contributed by atoms with van der Waals surface area (Å²) in [7, 11) is 0. The summed E-state index contributed by atoms with van der Waals surface area (Å²) in [5.41, 5.74) is 0.818. The maximum Gasteiger partial charge on any atom is 0.408 e. The number of nitrogens with zero attached hydrogens (tertiary/aromatic N) is 2. The standard InChI is InChI=1S/C13H12F5N3.ClH/c14-10-3-9(4-11(15)5-10)6-19-7-12-1-2-21(20-12)8-13(16,17)18;/h1-5,19H,6-8H2;1H. The monoisotopic (exact) mass is 341 g/mol. The Hall–Kier alpha value is -1.67. The lowest BCUT2D eigenvalue weighted by Gasteiger charge is -2.06. The van der Waals surface area contributed by atoms with Crippen LogP contribution >= 0.6 is 12.4 Å². The molecule has 0 saturated carbocycles. The quantitative estimate of drug-likeness (QED) is 0.844. The molecule has 0 aliphatic carbocycles. The molecular formula is C13H13ClF5N3. The van der Waals surface area contributed by atoms with Crippen molar-refractivity contribution in [1.29, 1.82) is 0 Å². The van der Waals surface area contributed by atoms with Gasteiger partial charge in [0.1, 0.15) is 18.2 Å². The molecule has 0 aliphatic heterocycles. The van der Waals surface area contributed by atoms with E-state index >= 15 is 0 Å². The molecule has 2 rings (SSSR count). The zero-order valence-electron chi connectivity index (χ0n) is 11.2. The summed E-state index contributed by atoms with van der Waals surface area (Å²) < 4.78 is 63.1. The number of nitrogens with one attached hydrogen (secondary N) is 1. The summed E-state index contributed by atoms with van der Waals surface area (Å²) >= 11 is 0. The van der Waals surface area contributed by atoms with E-state index in [0.29, 0.717) is 11.3 Å². The minimum atomic E-state index is -4.32. The Labute approximate surface area is 129 Å². The van der Waals surface area contributed by atoms with Crippen LogP contribution in [-0.4, -0.2) is 16.0 Å². The van der Waals surface area contributed by atoms with Gasteiger partial charge in [0, 0.05) is 25.4 Å². The molecule has 9 heteroatoms. The summed E-state index contributed by atoms with van der Waals surface area (Å²) in [6, 6.07) is 4.57. The second-order valence-corrected chi connectivity index (χ2v) is 4.50. The number of alkyl halides is 3. The maximum atomic E-state index is 12.9. The van der Waals surface area contributed by atoms with Crippen molar-refractivity contribution in [2.24, 2.45) is 0 Å². The van der Waals surface area contributed by atoms with E-state index in [2.05, 4.69) is 10.4 Å². The summed E-state index contributed by atoms with van der Waals surface area (Å²) in [6.07, 6.45) is -3.10. The molecule has 0 spiro atoms. The Morgan fingerprint density at radius 2 is 1.68 bits per heavy atom. The predicted molar refractivity (Wildman–Crippen MR) is 72.4 cm³/mol. The van der Waals surface area contributed by atoms with Crippen LogP contribution in [0.1, 0.15) is 11.3 Å². The highest BCUT2D eigenvalue weighted by atomic mass is 35.5. The molecule has 122 valence electrons. The molecule has 0 aliphatic rings. The topological polar surface area (TPSA) is 29.9 Å². The zero-order valence-corrected chi connectivity index (χ0v) is 12.0. The number of halogens is 6. The molecule has 1 aromatic heterocycles. The normalized spacial score (nSPS) is 11.3. The molecule has 1 heterocycles. The third-order valence-corrected chi connectivity index (χ3v) is 2.59. The minimum Gasteiger partial charge on any atom is -0.307 e. The van der Waals surface area contributed by atoms with Crippen molar-refractivity contribution in [2.75, 3.05) is 0 Å². The lowest BCUT2D eigenvalue weighted by Crippen LogP contribution is -2.19. The van der Waals surface area contributed by atoms with E-state index in [1.165, 1.54) is 24.4 Å². The van der Waals surface area contributed by atoms with Crippen LogP contribution in [0, 0.1) is 11.6 Å². The first-order valence-electron chi connectivity index (χ1n) is 6.06. The van der Waals surface area contributed by atoms with Crippen LogP contribution in [0.3, 0.4) is 0 Å². The molecule has 0 fully saturated rings. The van der Waals surface area contributed by atoms with Gasteiger partial charge in [-0.15, -0.1) is 12.4 Å². The predicted octanol–water partition coefficient (Wildman–Crippen LogP) is 3.44. The molecule has 0 bridgehead atoms. The number of hydrogen-bond donors (Lipinski definition) is 1. The van der Waals surface area contributed by atoms with E-state index in [1.807, 2.05) is 0 Å². The lowest BCUT2D eigenvalue weighted by molar-refractivity contribution is -0.142. The Morgan fingerprint density at radius 1 is 1.05 bits per heavy atom. The Morgan fingerprint density at radius 3 is 2.27 bits per heavy atom. The first-order chi connectivity index (χ1) is 9.82. The highest BCUT2D eigenvalue weighted by Gasteiger charge is 2.28. The van der Waals surface area contributed by atoms with E-state index in [9.17, 15) is 22.0 Å². The van der Waals surface area contributed by atoms with Crippen molar-refractivity contribution in [1.82, 2.24) is 15.1 Å². The van der Waals surface area contributed by atoms with Crippen molar-refractivity contribution in [3.63, 3.8) is 0 Å². The average Bonchev–Trinajstić information content (AvgIpc) is 2.73. The van der Waals surface area contributed by atoms with Gasteiger partial charge in [0.25, 0.3) is 0 Å². The van der Waals surface area contributed by atoms with Gasteiger partial charge in [-0.2, -0.15) is 18.3 Å². The largest absolute Gasteiger partial charge is 0.408 e. The van der Waals surface area contributed by atoms with Gasteiger partial charge < -0.3 is 5.32 Å². The zero-order chi connectivity index (χ0) is 15.5. The molecule has 0 amide bonds. The molecule has 0 saturated heterocycles. The smallest absolute Gasteiger partial charge is 0.307 e. The van der Waals surface area contributed by atoms with Crippen LogP contribution in [0.5, 0.6) is 0 Å². The van der Waals surface area contributed by atoms with E-state index in [-0.39, 0.29) is 25.5 Å². The second kappa shape index (κ2) is 7.55. The van der Waals surface area contributed by atoms with Gasteiger partial charge >= 0.3 is 6.18 Å². The summed E-state index contributed by atoms with van der Waals surface area (Å²) in [6.45, 7) is -0.772. The molecule has 1 aromatic carbocycles. The first-order valence-corrected chi connectivity index (χ1v) is 6.06. The molecular weight excluding hydrogens is 329 g/mol.